The highest BCUT2D eigenvalue weighted by Crippen LogP contribution is 2.13. The SMILES string of the molecule is CCC#CCN1CCCN(C(=O)c2ccnc(OC)c2)CC1. The molecule has 1 aliphatic rings. The minimum absolute atomic E-state index is 0.0437. The van der Waals surface area contributed by atoms with Gasteiger partial charge in [0.25, 0.3) is 5.91 Å². The molecule has 0 aliphatic carbocycles. The molecular weight excluding hydrogens is 278 g/mol. The minimum Gasteiger partial charge on any atom is -0.481 e. The van der Waals surface area contributed by atoms with E-state index in [2.05, 4.69) is 28.6 Å². The van der Waals surface area contributed by atoms with Crippen molar-refractivity contribution < 1.29 is 9.53 Å². The number of nitrogens with zero attached hydrogens (tertiary/aromatic N) is 3. The number of hydrogen-bond acceptors (Lipinski definition) is 4. The molecule has 118 valence electrons. The zero-order chi connectivity index (χ0) is 15.8. The Morgan fingerprint density at radius 1 is 1.32 bits per heavy atom. The summed E-state index contributed by atoms with van der Waals surface area (Å²) in [6.07, 6.45) is 3.47. The first-order valence-corrected chi connectivity index (χ1v) is 7.72. The largest absolute Gasteiger partial charge is 0.481 e. The minimum atomic E-state index is 0.0437. The van der Waals surface area contributed by atoms with E-state index in [1.165, 1.54) is 0 Å². The second-order valence-corrected chi connectivity index (χ2v) is 5.22. The van der Waals surface area contributed by atoms with Gasteiger partial charge in [0.15, 0.2) is 0 Å². The van der Waals surface area contributed by atoms with Crippen molar-refractivity contribution in [1.82, 2.24) is 14.8 Å². The molecule has 5 heteroatoms. The van der Waals surface area contributed by atoms with Crippen molar-refractivity contribution in [2.75, 3.05) is 39.8 Å². The van der Waals surface area contributed by atoms with Crippen molar-refractivity contribution in [3.63, 3.8) is 0 Å². The Hall–Kier alpha value is -2.06. The smallest absolute Gasteiger partial charge is 0.254 e. The van der Waals surface area contributed by atoms with Gasteiger partial charge in [0.1, 0.15) is 0 Å². The third-order valence-electron chi connectivity index (χ3n) is 3.67. The Morgan fingerprint density at radius 2 is 2.18 bits per heavy atom. The van der Waals surface area contributed by atoms with E-state index < -0.39 is 0 Å². The molecule has 1 amide bonds. The van der Waals surface area contributed by atoms with Crippen LogP contribution in [0.3, 0.4) is 0 Å². The van der Waals surface area contributed by atoms with E-state index >= 15 is 0 Å². The highest BCUT2D eigenvalue weighted by molar-refractivity contribution is 5.94. The van der Waals surface area contributed by atoms with E-state index in [9.17, 15) is 4.79 Å². The van der Waals surface area contributed by atoms with Crippen LogP contribution in [0.1, 0.15) is 30.1 Å². The lowest BCUT2D eigenvalue weighted by Crippen LogP contribution is -2.35. The van der Waals surface area contributed by atoms with Crippen molar-refractivity contribution in [2.24, 2.45) is 0 Å². The molecule has 0 atom stereocenters. The van der Waals surface area contributed by atoms with Crippen LogP contribution in [0.2, 0.25) is 0 Å². The second kappa shape index (κ2) is 8.40. The Labute approximate surface area is 132 Å². The molecule has 2 rings (SSSR count). The van der Waals surface area contributed by atoms with Gasteiger partial charge >= 0.3 is 0 Å². The summed E-state index contributed by atoms with van der Waals surface area (Å²) in [7, 11) is 1.55. The summed E-state index contributed by atoms with van der Waals surface area (Å²) in [4.78, 5) is 20.8. The molecule has 22 heavy (non-hydrogen) atoms. The van der Waals surface area contributed by atoms with E-state index in [1.54, 1.807) is 25.4 Å². The van der Waals surface area contributed by atoms with Gasteiger partial charge in [-0.2, -0.15) is 0 Å². The third-order valence-corrected chi connectivity index (χ3v) is 3.67. The Morgan fingerprint density at radius 3 is 2.95 bits per heavy atom. The van der Waals surface area contributed by atoms with E-state index in [4.69, 9.17) is 4.74 Å². The normalized spacial score (nSPS) is 15.6. The topological polar surface area (TPSA) is 45.7 Å². The Bertz CT molecular complexity index is 563. The summed E-state index contributed by atoms with van der Waals surface area (Å²) in [5.74, 6) is 6.78. The summed E-state index contributed by atoms with van der Waals surface area (Å²) in [6, 6.07) is 3.43. The van der Waals surface area contributed by atoms with Crippen LogP contribution in [0.15, 0.2) is 18.3 Å². The van der Waals surface area contributed by atoms with Crippen LogP contribution < -0.4 is 4.74 Å². The molecule has 0 spiro atoms. The average Bonchev–Trinajstić information content (AvgIpc) is 2.80. The maximum absolute atomic E-state index is 12.6. The fourth-order valence-corrected chi connectivity index (χ4v) is 2.46. The molecule has 1 aromatic heterocycles. The summed E-state index contributed by atoms with van der Waals surface area (Å²) in [5.41, 5.74) is 0.631. The fourth-order valence-electron chi connectivity index (χ4n) is 2.46. The molecule has 5 nitrogen and oxygen atoms in total. The Balaban J connectivity index is 1.96. The summed E-state index contributed by atoms with van der Waals surface area (Å²) >= 11 is 0. The van der Waals surface area contributed by atoms with Gasteiger partial charge in [-0.3, -0.25) is 9.69 Å². The van der Waals surface area contributed by atoms with Crippen LogP contribution in [0.4, 0.5) is 0 Å². The van der Waals surface area contributed by atoms with Gasteiger partial charge < -0.3 is 9.64 Å². The van der Waals surface area contributed by atoms with Crippen molar-refractivity contribution in [2.45, 2.75) is 19.8 Å². The first-order chi connectivity index (χ1) is 10.7. The number of hydrogen-bond donors (Lipinski definition) is 0. The number of pyridine rings is 1. The molecule has 0 unspecified atom stereocenters. The zero-order valence-electron chi connectivity index (χ0n) is 13.3. The highest BCUT2D eigenvalue weighted by Gasteiger charge is 2.20. The first kappa shape index (κ1) is 16.3. The lowest BCUT2D eigenvalue weighted by Gasteiger charge is -2.21. The van der Waals surface area contributed by atoms with Crippen LogP contribution in [0.25, 0.3) is 0 Å². The van der Waals surface area contributed by atoms with Crippen molar-refractivity contribution in [3.8, 4) is 17.7 Å². The van der Waals surface area contributed by atoms with Crippen molar-refractivity contribution >= 4 is 5.91 Å². The molecule has 0 saturated carbocycles. The molecular formula is C17H23N3O2. The van der Waals surface area contributed by atoms with Crippen LogP contribution in [-0.4, -0.2) is 60.5 Å². The molecule has 0 N–H and O–H groups in total. The number of methoxy groups -OCH3 is 1. The second-order valence-electron chi connectivity index (χ2n) is 5.22. The van der Waals surface area contributed by atoms with Crippen LogP contribution >= 0.6 is 0 Å². The molecule has 0 radical (unpaired) electrons. The van der Waals surface area contributed by atoms with Crippen LogP contribution in [0, 0.1) is 11.8 Å². The first-order valence-electron chi connectivity index (χ1n) is 7.72. The monoisotopic (exact) mass is 301 g/mol. The number of aromatic nitrogens is 1. The number of carbonyl (C=O) groups is 1. The van der Waals surface area contributed by atoms with Gasteiger partial charge in [-0.1, -0.05) is 12.8 Å². The van der Waals surface area contributed by atoms with Gasteiger partial charge in [-0.15, -0.1) is 5.92 Å². The van der Waals surface area contributed by atoms with Gasteiger partial charge in [0.2, 0.25) is 5.88 Å². The summed E-state index contributed by atoms with van der Waals surface area (Å²) in [5, 5.41) is 0. The predicted molar refractivity (Wildman–Crippen MR) is 85.8 cm³/mol. The van der Waals surface area contributed by atoms with E-state index in [0.717, 1.165) is 45.6 Å². The maximum Gasteiger partial charge on any atom is 0.254 e. The van der Waals surface area contributed by atoms with Gasteiger partial charge in [0.05, 0.1) is 13.7 Å². The maximum atomic E-state index is 12.6. The zero-order valence-corrected chi connectivity index (χ0v) is 13.3. The van der Waals surface area contributed by atoms with Gasteiger partial charge in [-0.05, 0) is 12.5 Å². The molecule has 1 fully saturated rings. The average molecular weight is 301 g/mol. The number of ether oxygens (including phenoxy) is 1. The number of carbonyl (C=O) groups excluding carboxylic acids is 1. The third kappa shape index (κ3) is 4.47. The Kier molecular flexibility index (Phi) is 6.23. The van der Waals surface area contributed by atoms with Gasteiger partial charge in [0, 0.05) is 50.4 Å². The lowest BCUT2D eigenvalue weighted by molar-refractivity contribution is 0.0761. The molecule has 1 aliphatic heterocycles. The fraction of sp³-hybridized carbons (Fsp3) is 0.529. The molecule has 1 saturated heterocycles. The van der Waals surface area contributed by atoms with Crippen LogP contribution in [-0.2, 0) is 0 Å². The van der Waals surface area contributed by atoms with E-state index in [1.807, 2.05) is 4.90 Å². The number of amides is 1. The predicted octanol–water partition coefficient (Wildman–Crippen LogP) is 1.65. The molecule has 0 bridgehead atoms. The summed E-state index contributed by atoms with van der Waals surface area (Å²) < 4.78 is 5.08. The van der Waals surface area contributed by atoms with Gasteiger partial charge in [-0.25, -0.2) is 4.98 Å². The lowest BCUT2D eigenvalue weighted by atomic mass is 10.2. The molecule has 0 aromatic carbocycles. The quantitative estimate of drug-likeness (QED) is 0.797. The standard InChI is InChI=1S/C17H23N3O2/c1-3-4-5-9-19-10-6-11-20(13-12-19)17(21)15-7-8-18-16(14-15)22-2/h7-8,14H,3,6,9-13H2,1-2H3. The van der Waals surface area contributed by atoms with Crippen molar-refractivity contribution in [3.05, 3.63) is 23.9 Å². The highest BCUT2D eigenvalue weighted by atomic mass is 16.5. The van der Waals surface area contributed by atoms with Crippen molar-refractivity contribution in [1.29, 1.82) is 0 Å². The molecule has 2 heterocycles. The summed E-state index contributed by atoms with van der Waals surface area (Å²) in [6.45, 7) is 6.21. The van der Waals surface area contributed by atoms with Crippen LogP contribution in [0.5, 0.6) is 5.88 Å². The van der Waals surface area contributed by atoms with E-state index in [0.29, 0.717) is 11.4 Å². The molecule has 1 aromatic rings. The number of rotatable bonds is 3. The van der Waals surface area contributed by atoms with E-state index in [-0.39, 0.29) is 5.91 Å².